The molecule has 4 aromatic carbocycles. The minimum atomic E-state index is -1.76. The van der Waals surface area contributed by atoms with Crippen LogP contribution in [0.3, 0.4) is 0 Å². The third kappa shape index (κ3) is 19.7. The second-order valence-corrected chi connectivity index (χ2v) is 21.1. The number of rotatable bonds is 22. The lowest BCUT2D eigenvalue weighted by atomic mass is 9.92. The number of nitrogens with one attached hydrogen (secondary N) is 2. The average Bonchev–Trinajstić information content (AvgIpc) is 3.69. The molecule has 0 aromatic heterocycles. The Morgan fingerprint density at radius 2 is 0.963 bits per heavy atom. The molecule has 2 aliphatic rings. The van der Waals surface area contributed by atoms with Gasteiger partial charge in [-0.3, -0.25) is 28.8 Å². The second-order valence-electron chi connectivity index (χ2n) is 19.8. The molecule has 4 unspecified atom stereocenters. The highest BCUT2D eigenvalue weighted by atomic mass is 127. The van der Waals surface area contributed by atoms with Crippen molar-refractivity contribution in [3.8, 4) is 24.2 Å². The Balaban J connectivity index is 0.000000294. The lowest BCUT2D eigenvalue weighted by molar-refractivity contribution is -0.174. The summed E-state index contributed by atoms with van der Waals surface area (Å²) < 4.78 is 34.5. The van der Waals surface area contributed by atoms with E-state index < -0.39 is 58.9 Å². The Morgan fingerprint density at radius 3 is 1.30 bits per heavy atom. The zero-order valence-corrected chi connectivity index (χ0v) is 50.9. The number of carbonyl (C=O) groups excluding carboxylic acids is 6. The predicted octanol–water partition coefficient (Wildman–Crippen LogP) is 9.40. The Bertz CT molecular complexity index is 2760. The fourth-order valence-electron chi connectivity index (χ4n) is 8.42. The van der Waals surface area contributed by atoms with E-state index in [1.54, 1.807) is 48.5 Å². The fraction of sp³-hybridized carbons (Fsp3) is 0.469. The number of Topliss-reactive ketones (excluding diaryl/α,β-unsaturated/α-hetero) is 2. The first-order chi connectivity index (χ1) is 38.8. The molecule has 2 saturated heterocycles. The number of carbonyl (C=O) groups is 6. The molecule has 4 amide bonds. The highest BCUT2D eigenvalue weighted by Gasteiger charge is 2.48. The van der Waals surface area contributed by atoms with Crippen molar-refractivity contribution in [3.05, 3.63) is 140 Å². The topological polar surface area (TPSA) is 188 Å². The largest absolute Gasteiger partial charge is 0.374 e. The van der Waals surface area contributed by atoms with E-state index in [-0.39, 0.29) is 25.4 Å². The van der Waals surface area contributed by atoms with Crippen LogP contribution in [0, 0.1) is 27.8 Å². The van der Waals surface area contributed by atoms with Crippen LogP contribution in [0.1, 0.15) is 154 Å². The molecule has 17 heteroatoms. The number of terminal acetylenes is 1. The lowest BCUT2D eigenvalue weighted by Gasteiger charge is -2.36. The summed E-state index contributed by atoms with van der Waals surface area (Å²) in [6.45, 7) is 13.2. The van der Waals surface area contributed by atoms with Crippen LogP contribution in [0.5, 0.6) is 0 Å². The van der Waals surface area contributed by atoms with Gasteiger partial charge in [0.25, 0.3) is 23.6 Å². The van der Waals surface area contributed by atoms with Crippen molar-refractivity contribution < 1.29 is 57.2 Å². The Morgan fingerprint density at radius 1 is 0.605 bits per heavy atom. The summed E-state index contributed by atoms with van der Waals surface area (Å²) in [7, 11) is 5.75. The molecule has 16 nitrogen and oxygen atoms in total. The zero-order chi connectivity index (χ0) is 59.5. The molecule has 2 aliphatic heterocycles. The number of likely N-dealkylation sites (N-methyl/N-ethyl adjacent to an activating group) is 4. The molecule has 0 radical (unpaired) electrons. The van der Waals surface area contributed by atoms with Gasteiger partial charge in [-0.15, -0.1) is 6.42 Å². The van der Waals surface area contributed by atoms with Crippen molar-refractivity contribution in [2.75, 3.05) is 67.8 Å². The first-order valence-corrected chi connectivity index (χ1v) is 28.7. The monoisotopic (exact) mass is 1220 g/mol. The third-order valence-electron chi connectivity index (χ3n) is 14.1. The normalized spacial score (nSPS) is 16.9. The van der Waals surface area contributed by atoms with Crippen LogP contribution >= 0.6 is 22.6 Å². The molecular formula is C64H81IN4O12. The quantitative estimate of drug-likeness (QED) is 0.0432. The fourth-order valence-corrected chi connectivity index (χ4v) is 8.78. The van der Waals surface area contributed by atoms with Gasteiger partial charge >= 0.3 is 0 Å². The molecule has 2 fully saturated rings. The second kappa shape index (κ2) is 34.2. The van der Waals surface area contributed by atoms with Gasteiger partial charge in [-0.2, -0.15) is 0 Å². The standard InChI is InChI=1S/C32H40N2O6.C19H25IN2O5.C13H16O/c1-6-20-38-23(2)26-16-12-24(13-17-26)10-11-25-14-18-27(19-15-25)30(36)34(5)32(3,31(37)33-4)28(35)22-40-29-9-7-8-21-39-29;1-19(18(25)21-2,15(23)12-27-16-6-4-5-11-26-16)22(3)17(24)13-7-9-14(20)10-8-13;1-4-10-14-11(3)13-8-6-12(5-2)7-9-13/h12-19,23,29H,6-9,20-22H2,1-5H3,(H,33,37);7-10,16H,4-6,11-12H2,1-3H3,(H,21,25);2,6-9,11H,4,10H2,1,3H3/t23?,29?,32-;16?,19-;/m11./s1. The predicted molar refractivity (Wildman–Crippen MR) is 320 cm³/mol. The molecule has 2 heterocycles. The summed E-state index contributed by atoms with van der Waals surface area (Å²) in [6, 6.07) is 29.6. The number of ether oxygens (including phenoxy) is 6. The van der Waals surface area contributed by atoms with E-state index in [9.17, 15) is 28.8 Å². The van der Waals surface area contributed by atoms with E-state index >= 15 is 0 Å². The van der Waals surface area contributed by atoms with Crippen LogP contribution in [0.15, 0.2) is 97.1 Å². The van der Waals surface area contributed by atoms with E-state index in [4.69, 9.17) is 34.8 Å². The highest BCUT2D eigenvalue weighted by Crippen LogP contribution is 2.25. The van der Waals surface area contributed by atoms with Gasteiger partial charge in [0.2, 0.25) is 0 Å². The van der Waals surface area contributed by atoms with Crippen LogP contribution in [-0.2, 0) is 47.6 Å². The summed E-state index contributed by atoms with van der Waals surface area (Å²) in [6.07, 6.45) is 11.8. The van der Waals surface area contributed by atoms with Gasteiger partial charge in [0.05, 0.1) is 12.2 Å². The summed E-state index contributed by atoms with van der Waals surface area (Å²) in [5.41, 5.74) is 2.07. The van der Waals surface area contributed by atoms with Crippen molar-refractivity contribution in [2.24, 2.45) is 0 Å². The van der Waals surface area contributed by atoms with E-state index in [1.165, 1.54) is 52.5 Å². The molecule has 81 heavy (non-hydrogen) atoms. The molecular weight excluding hydrogens is 1140 g/mol. The van der Waals surface area contributed by atoms with Crippen LogP contribution in [0.4, 0.5) is 0 Å². The molecule has 0 bridgehead atoms. The van der Waals surface area contributed by atoms with Crippen molar-refractivity contribution in [1.82, 2.24) is 20.4 Å². The van der Waals surface area contributed by atoms with Gasteiger partial charge in [0.15, 0.2) is 35.2 Å². The Hall–Kier alpha value is -6.29. The molecule has 4 aromatic rings. The SMILES string of the molecule is C#Cc1ccc(C(C)OCCC)cc1.CCCOC(C)c1ccc(C#Cc2ccc(C(=O)N(C)[C@](C)(C(=O)COC3CCCCO3)C(=O)NC)cc2)cc1.CNC(=O)[C@@](C)(C(=O)COC1CCCCO1)N(C)C(=O)c1ccc(I)cc1. The molecule has 436 valence electrons. The molecule has 0 aliphatic carbocycles. The van der Waals surface area contributed by atoms with E-state index in [2.05, 4.69) is 71.8 Å². The maximum absolute atomic E-state index is 13.3. The molecule has 2 N–H and O–H groups in total. The minimum absolute atomic E-state index is 0.0316. The van der Waals surface area contributed by atoms with Crippen LogP contribution in [0.2, 0.25) is 0 Å². The zero-order valence-electron chi connectivity index (χ0n) is 48.7. The van der Waals surface area contributed by atoms with Gasteiger partial charge in [-0.1, -0.05) is 55.9 Å². The molecule has 0 saturated carbocycles. The number of amides is 4. The van der Waals surface area contributed by atoms with Gasteiger partial charge in [-0.25, -0.2) is 0 Å². The summed E-state index contributed by atoms with van der Waals surface area (Å²) >= 11 is 2.14. The number of hydrogen-bond donors (Lipinski definition) is 2. The molecule has 6 rings (SSSR count). The molecule has 6 atom stereocenters. The van der Waals surface area contributed by atoms with E-state index in [1.807, 2.05) is 55.5 Å². The number of hydrogen-bond acceptors (Lipinski definition) is 12. The lowest BCUT2D eigenvalue weighted by Crippen LogP contribution is -2.62. The summed E-state index contributed by atoms with van der Waals surface area (Å²) in [4.78, 5) is 80.0. The minimum Gasteiger partial charge on any atom is -0.374 e. The smallest absolute Gasteiger partial charge is 0.254 e. The van der Waals surface area contributed by atoms with Gasteiger partial charge in [-0.05, 0) is 186 Å². The number of nitrogens with zero attached hydrogens (tertiary/aromatic N) is 2. The number of ketones is 2. The first-order valence-electron chi connectivity index (χ1n) is 27.6. The number of benzene rings is 4. The average molecular weight is 1230 g/mol. The Kier molecular flexibility index (Phi) is 28.4. The summed E-state index contributed by atoms with van der Waals surface area (Å²) in [5, 5.41) is 4.98. The summed E-state index contributed by atoms with van der Waals surface area (Å²) in [5.74, 6) is 5.76. The Labute approximate surface area is 493 Å². The van der Waals surface area contributed by atoms with Crippen LogP contribution in [0.25, 0.3) is 0 Å². The van der Waals surface area contributed by atoms with E-state index in [0.717, 1.165) is 82.5 Å². The van der Waals surface area contributed by atoms with Crippen molar-refractivity contribution in [3.63, 3.8) is 0 Å². The molecule has 0 spiro atoms. The van der Waals surface area contributed by atoms with Gasteiger partial charge in [0, 0.05) is 86.0 Å². The maximum atomic E-state index is 13.3. The van der Waals surface area contributed by atoms with Crippen molar-refractivity contribution in [2.45, 2.75) is 129 Å². The van der Waals surface area contributed by atoms with Crippen LogP contribution < -0.4 is 10.6 Å². The van der Waals surface area contributed by atoms with E-state index in [0.29, 0.717) is 37.2 Å². The third-order valence-corrected chi connectivity index (χ3v) is 14.8. The van der Waals surface area contributed by atoms with Crippen molar-refractivity contribution in [1.29, 1.82) is 0 Å². The van der Waals surface area contributed by atoms with Crippen LogP contribution in [-0.4, -0.2) is 136 Å². The van der Waals surface area contributed by atoms with Gasteiger partial charge < -0.3 is 48.9 Å². The maximum Gasteiger partial charge on any atom is 0.254 e. The first kappa shape index (κ1) is 67.2. The van der Waals surface area contributed by atoms with Crippen molar-refractivity contribution >= 4 is 57.8 Å². The van der Waals surface area contributed by atoms with Gasteiger partial charge in [0.1, 0.15) is 13.2 Å². The highest BCUT2D eigenvalue weighted by molar-refractivity contribution is 14.1. The number of halogens is 1.